The second-order valence-corrected chi connectivity index (χ2v) is 3.97. The number of carbonyl (C=O) groups excluding carboxylic acids is 1. The maximum absolute atomic E-state index is 13.3. The molecule has 3 nitrogen and oxygen atoms in total. The SMILES string of the molecule is CCOC(=O)C(CN)Cc1ccc(C)c(F)c1. The van der Waals surface area contributed by atoms with E-state index in [0.717, 1.165) is 5.56 Å². The first-order valence-corrected chi connectivity index (χ1v) is 5.70. The highest BCUT2D eigenvalue weighted by Crippen LogP contribution is 2.14. The summed E-state index contributed by atoms with van der Waals surface area (Å²) in [6.45, 7) is 3.98. The van der Waals surface area contributed by atoms with Crippen LogP contribution in [0.3, 0.4) is 0 Å². The lowest BCUT2D eigenvalue weighted by Gasteiger charge is -2.13. The Kier molecular flexibility index (Phi) is 5.10. The quantitative estimate of drug-likeness (QED) is 0.797. The summed E-state index contributed by atoms with van der Waals surface area (Å²) in [6.07, 6.45) is 0.409. The minimum Gasteiger partial charge on any atom is -0.466 e. The summed E-state index contributed by atoms with van der Waals surface area (Å²) in [7, 11) is 0. The van der Waals surface area contributed by atoms with Gasteiger partial charge < -0.3 is 10.5 Å². The molecule has 0 aromatic heterocycles. The van der Waals surface area contributed by atoms with Crippen molar-refractivity contribution in [1.82, 2.24) is 0 Å². The molecule has 0 aliphatic carbocycles. The highest BCUT2D eigenvalue weighted by atomic mass is 19.1. The highest BCUT2D eigenvalue weighted by molar-refractivity contribution is 5.73. The molecule has 0 amide bonds. The molecule has 0 saturated carbocycles. The van der Waals surface area contributed by atoms with Gasteiger partial charge in [-0.15, -0.1) is 0 Å². The zero-order chi connectivity index (χ0) is 12.8. The van der Waals surface area contributed by atoms with Crippen LogP contribution in [-0.4, -0.2) is 19.1 Å². The lowest BCUT2D eigenvalue weighted by Crippen LogP contribution is -2.27. The van der Waals surface area contributed by atoms with Gasteiger partial charge in [0.15, 0.2) is 0 Å². The Balaban J connectivity index is 2.73. The van der Waals surface area contributed by atoms with Crippen molar-refractivity contribution in [2.24, 2.45) is 11.7 Å². The number of rotatable bonds is 5. The van der Waals surface area contributed by atoms with Gasteiger partial charge in [-0.2, -0.15) is 0 Å². The van der Waals surface area contributed by atoms with E-state index in [1.807, 2.05) is 0 Å². The fraction of sp³-hybridized carbons (Fsp3) is 0.462. The predicted octanol–water partition coefficient (Wildman–Crippen LogP) is 1.81. The lowest BCUT2D eigenvalue weighted by atomic mass is 9.98. The van der Waals surface area contributed by atoms with Gasteiger partial charge in [-0.1, -0.05) is 12.1 Å². The molecular formula is C13H18FNO2. The average Bonchev–Trinajstić information content (AvgIpc) is 2.30. The molecule has 0 bridgehead atoms. The molecule has 1 unspecified atom stereocenters. The molecular weight excluding hydrogens is 221 g/mol. The van der Waals surface area contributed by atoms with Crippen LogP contribution in [0, 0.1) is 18.7 Å². The third kappa shape index (κ3) is 3.82. The van der Waals surface area contributed by atoms with E-state index in [0.29, 0.717) is 18.6 Å². The van der Waals surface area contributed by atoms with Crippen LogP contribution in [0.4, 0.5) is 4.39 Å². The molecule has 0 aliphatic heterocycles. The molecule has 0 saturated heterocycles. The van der Waals surface area contributed by atoms with Crippen molar-refractivity contribution in [3.05, 3.63) is 35.1 Å². The molecule has 1 aromatic carbocycles. The molecule has 17 heavy (non-hydrogen) atoms. The van der Waals surface area contributed by atoms with Crippen molar-refractivity contribution >= 4 is 5.97 Å². The van der Waals surface area contributed by atoms with Crippen molar-refractivity contribution in [1.29, 1.82) is 0 Å². The van der Waals surface area contributed by atoms with Gasteiger partial charge in [-0.05, 0) is 37.5 Å². The Labute approximate surface area is 101 Å². The third-order valence-corrected chi connectivity index (χ3v) is 2.62. The molecule has 1 aromatic rings. The number of ether oxygens (including phenoxy) is 1. The van der Waals surface area contributed by atoms with Crippen molar-refractivity contribution in [3.63, 3.8) is 0 Å². The molecule has 0 heterocycles. The monoisotopic (exact) mass is 239 g/mol. The number of hydrogen-bond acceptors (Lipinski definition) is 3. The Hall–Kier alpha value is -1.42. The fourth-order valence-corrected chi connectivity index (χ4v) is 1.57. The molecule has 2 N–H and O–H groups in total. The molecule has 94 valence electrons. The molecule has 0 aliphatic rings. The van der Waals surface area contributed by atoms with Gasteiger partial charge in [0, 0.05) is 6.54 Å². The molecule has 0 fully saturated rings. The van der Waals surface area contributed by atoms with E-state index in [2.05, 4.69) is 0 Å². The Morgan fingerprint density at radius 2 is 2.24 bits per heavy atom. The number of hydrogen-bond donors (Lipinski definition) is 1. The summed E-state index contributed by atoms with van der Waals surface area (Å²) < 4.78 is 18.2. The van der Waals surface area contributed by atoms with Crippen molar-refractivity contribution in [2.45, 2.75) is 20.3 Å². The molecule has 1 atom stereocenters. The van der Waals surface area contributed by atoms with Crippen molar-refractivity contribution < 1.29 is 13.9 Å². The van der Waals surface area contributed by atoms with Crippen LogP contribution in [0.25, 0.3) is 0 Å². The van der Waals surface area contributed by atoms with E-state index >= 15 is 0 Å². The number of halogens is 1. The second kappa shape index (κ2) is 6.35. The van der Waals surface area contributed by atoms with Crippen molar-refractivity contribution in [2.75, 3.05) is 13.2 Å². The zero-order valence-electron chi connectivity index (χ0n) is 10.2. The first-order valence-electron chi connectivity index (χ1n) is 5.70. The van der Waals surface area contributed by atoms with Crippen LogP contribution in [0.1, 0.15) is 18.1 Å². The second-order valence-electron chi connectivity index (χ2n) is 3.97. The first-order chi connectivity index (χ1) is 8.08. The van der Waals surface area contributed by atoms with E-state index < -0.39 is 5.92 Å². The summed E-state index contributed by atoms with van der Waals surface area (Å²) in [5, 5.41) is 0. The lowest BCUT2D eigenvalue weighted by molar-refractivity contribution is -0.147. The number of benzene rings is 1. The third-order valence-electron chi connectivity index (χ3n) is 2.62. The maximum atomic E-state index is 13.3. The van der Waals surface area contributed by atoms with Crippen LogP contribution < -0.4 is 5.73 Å². The normalized spacial score (nSPS) is 12.2. The van der Waals surface area contributed by atoms with E-state index in [1.165, 1.54) is 6.07 Å². The fourth-order valence-electron chi connectivity index (χ4n) is 1.57. The van der Waals surface area contributed by atoms with Gasteiger partial charge in [0.05, 0.1) is 12.5 Å². The van der Waals surface area contributed by atoms with Crippen LogP contribution in [0.15, 0.2) is 18.2 Å². The van der Waals surface area contributed by atoms with E-state index in [-0.39, 0.29) is 18.3 Å². The Morgan fingerprint density at radius 3 is 2.76 bits per heavy atom. The number of nitrogens with two attached hydrogens (primary N) is 1. The molecule has 1 rings (SSSR count). The summed E-state index contributed by atoms with van der Waals surface area (Å²) in [5.74, 6) is -0.991. The number of aryl methyl sites for hydroxylation is 1. The van der Waals surface area contributed by atoms with Gasteiger partial charge in [-0.3, -0.25) is 4.79 Å². The Bertz CT molecular complexity index is 393. The van der Waals surface area contributed by atoms with E-state index in [4.69, 9.17) is 10.5 Å². The maximum Gasteiger partial charge on any atom is 0.310 e. The van der Waals surface area contributed by atoms with E-state index in [1.54, 1.807) is 26.0 Å². The Morgan fingerprint density at radius 1 is 1.53 bits per heavy atom. The average molecular weight is 239 g/mol. The minimum atomic E-state index is -0.406. The number of carbonyl (C=O) groups is 1. The largest absolute Gasteiger partial charge is 0.466 e. The van der Waals surface area contributed by atoms with Gasteiger partial charge in [0.25, 0.3) is 0 Å². The van der Waals surface area contributed by atoms with E-state index in [9.17, 15) is 9.18 Å². The zero-order valence-corrected chi connectivity index (χ0v) is 10.2. The van der Waals surface area contributed by atoms with Crippen LogP contribution >= 0.6 is 0 Å². The van der Waals surface area contributed by atoms with Crippen LogP contribution in [0.2, 0.25) is 0 Å². The minimum absolute atomic E-state index is 0.203. The summed E-state index contributed by atoms with van der Waals surface area (Å²) in [5.41, 5.74) is 6.88. The van der Waals surface area contributed by atoms with Crippen molar-refractivity contribution in [3.8, 4) is 0 Å². The standard InChI is InChI=1S/C13H18FNO2/c1-3-17-13(16)11(8-15)6-10-5-4-9(2)12(14)7-10/h4-5,7,11H,3,6,8,15H2,1-2H3. The van der Waals surface area contributed by atoms with Gasteiger partial charge in [0.1, 0.15) is 5.82 Å². The topological polar surface area (TPSA) is 52.3 Å². The van der Waals surface area contributed by atoms with Crippen LogP contribution in [-0.2, 0) is 16.0 Å². The highest BCUT2D eigenvalue weighted by Gasteiger charge is 2.18. The number of esters is 1. The first kappa shape index (κ1) is 13.6. The summed E-state index contributed by atoms with van der Waals surface area (Å²) in [6, 6.07) is 4.95. The molecule has 0 spiro atoms. The van der Waals surface area contributed by atoms with Gasteiger partial charge >= 0.3 is 5.97 Å². The molecule has 4 heteroatoms. The predicted molar refractivity (Wildman–Crippen MR) is 64.0 cm³/mol. The smallest absolute Gasteiger partial charge is 0.310 e. The van der Waals surface area contributed by atoms with Crippen LogP contribution in [0.5, 0.6) is 0 Å². The summed E-state index contributed by atoms with van der Waals surface area (Å²) >= 11 is 0. The van der Waals surface area contributed by atoms with Gasteiger partial charge in [0.2, 0.25) is 0 Å². The molecule has 0 radical (unpaired) electrons. The van der Waals surface area contributed by atoms with Gasteiger partial charge in [-0.25, -0.2) is 4.39 Å². The summed E-state index contributed by atoms with van der Waals surface area (Å²) in [4.78, 5) is 11.5.